The topological polar surface area (TPSA) is 107 Å². The maximum Gasteiger partial charge on any atom is 0.262 e. The van der Waals surface area contributed by atoms with Crippen molar-refractivity contribution in [2.24, 2.45) is 0 Å². The number of halogens is 1. The minimum Gasteiger partial charge on any atom is -0.351 e. The van der Waals surface area contributed by atoms with Gasteiger partial charge in [0.1, 0.15) is 6.04 Å². The van der Waals surface area contributed by atoms with Gasteiger partial charge in [0.05, 0.1) is 20.7 Å². The Bertz CT molecular complexity index is 1150. The summed E-state index contributed by atoms with van der Waals surface area (Å²) in [5.41, 5.74) is 2.65. The van der Waals surface area contributed by atoms with E-state index in [0.717, 1.165) is 35.3 Å². The number of H-pyrrole nitrogens is 1. The predicted octanol–water partition coefficient (Wildman–Crippen LogP) is 3.76. The van der Waals surface area contributed by atoms with E-state index < -0.39 is 6.04 Å². The van der Waals surface area contributed by atoms with E-state index in [1.807, 2.05) is 11.8 Å². The number of amides is 3. The lowest BCUT2D eigenvalue weighted by Crippen LogP contribution is -2.45. The van der Waals surface area contributed by atoms with Crippen molar-refractivity contribution in [3.05, 3.63) is 68.3 Å². The Hall–Kier alpha value is -2.98. The van der Waals surface area contributed by atoms with E-state index in [-0.39, 0.29) is 24.1 Å². The highest BCUT2D eigenvalue weighted by Crippen LogP contribution is 2.23. The van der Waals surface area contributed by atoms with Crippen LogP contribution in [0.5, 0.6) is 0 Å². The van der Waals surface area contributed by atoms with Crippen LogP contribution in [0.3, 0.4) is 0 Å². The summed E-state index contributed by atoms with van der Waals surface area (Å²) in [5.74, 6) is -0.669. The average molecular weight is 530 g/mol. The lowest BCUT2D eigenvalue weighted by atomic mass is 10.1. The Morgan fingerprint density at radius 3 is 2.64 bits per heavy atom. The largest absolute Gasteiger partial charge is 0.351 e. The van der Waals surface area contributed by atoms with E-state index in [0.29, 0.717) is 21.8 Å². The number of nitrogens with zero attached hydrogens (tertiary/aromatic N) is 2. The van der Waals surface area contributed by atoms with E-state index in [1.54, 1.807) is 36.5 Å². The maximum absolute atomic E-state index is 13.1. The summed E-state index contributed by atoms with van der Waals surface area (Å²) in [4.78, 5) is 47.9. The van der Waals surface area contributed by atoms with E-state index in [9.17, 15) is 14.4 Å². The molecule has 1 aliphatic heterocycles. The Labute approximate surface area is 203 Å². The molecule has 33 heavy (non-hydrogen) atoms. The third kappa shape index (κ3) is 5.69. The predicted molar refractivity (Wildman–Crippen MR) is 131 cm³/mol. The highest BCUT2D eigenvalue weighted by molar-refractivity contribution is 9.11. The number of rotatable bonds is 7. The van der Waals surface area contributed by atoms with Crippen LogP contribution in [0.15, 0.2) is 46.6 Å². The third-order valence-electron chi connectivity index (χ3n) is 5.50. The van der Waals surface area contributed by atoms with Gasteiger partial charge in [0.25, 0.3) is 11.8 Å². The SMILES string of the molecule is Cc1cc(NC(=O)[C@@H](Cc2c[nH]cn2)NC(=O)c2ccc(Br)s2)ccc1C(=O)N1CCCC1. The van der Waals surface area contributed by atoms with Crippen LogP contribution in [-0.2, 0) is 11.2 Å². The van der Waals surface area contributed by atoms with Gasteiger partial charge >= 0.3 is 0 Å². The molecule has 3 N–H and O–H groups in total. The molecule has 3 heterocycles. The zero-order valence-corrected chi connectivity index (χ0v) is 20.5. The molecular formula is C23H24BrN5O3S. The number of likely N-dealkylation sites (tertiary alicyclic amines) is 1. The van der Waals surface area contributed by atoms with E-state index >= 15 is 0 Å². The Balaban J connectivity index is 1.48. The molecule has 0 bridgehead atoms. The normalized spacial score (nSPS) is 14.2. The van der Waals surface area contributed by atoms with Crippen molar-refractivity contribution in [3.63, 3.8) is 0 Å². The quantitative estimate of drug-likeness (QED) is 0.433. The van der Waals surface area contributed by atoms with Crippen molar-refractivity contribution < 1.29 is 14.4 Å². The first-order valence-corrected chi connectivity index (χ1v) is 12.3. The number of benzene rings is 1. The molecule has 0 unspecified atom stereocenters. The van der Waals surface area contributed by atoms with E-state index in [4.69, 9.17) is 0 Å². The van der Waals surface area contributed by atoms with Crippen LogP contribution in [0.25, 0.3) is 0 Å². The van der Waals surface area contributed by atoms with Gasteiger partial charge in [-0.3, -0.25) is 14.4 Å². The molecule has 1 aliphatic rings. The number of carbonyl (C=O) groups excluding carboxylic acids is 3. The van der Waals surface area contributed by atoms with Gasteiger partial charge in [-0.1, -0.05) is 0 Å². The number of aryl methyl sites for hydroxylation is 1. The van der Waals surface area contributed by atoms with Gasteiger partial charge < -0.3 is 20.5 Å². The summed E-state index contributed by atoms with van der Waals surface area (Å²) in [7, 11) is 0. The number of aromatic nitrogens is 2. The molecule has 4 rings (SSSR count). The Morgan fingerprint density at radius 1 is 1.21 bits per heavy atom. The first kappa shape index (κ1) is 23.2. The Morgan fingerprint density at radius 2 is 2.00 bits per heavy atom. The number of hydrogen-bond donors (Lipinski definition) is 3. The van der Waals surface area contributed by atoms with Crippen LogP contribution in [0.2, 0.25) is 0 Å². The van der Waals surface area contributed by atoms with E-state index in [1.165, 1.54) is 17.7 Å². The minimum absolute atomic E-state index is 0.0219. The van der Waals surface area contributed by atoms with Crippen LogP contribution in [0.1, 0.15) is 44.1 Å². The van der Waals surface area contributed by atoms with Gasteiger partial charge in [0.2, 0.25) is 5.91 Å². The molecule has 1 saturated heterocycles. The van der Waals surface area contributed by atoms with Gasteiger partial charge in [-0.2, -0.15) is 0 Å². The molecule has 8 nitrogen and oxygen atoms in total. The van der Waals surface area contributed by atoms with Gasteiger partial charge in [-0.25, -0.2) is 4.98 Å². The fourth-order valence-corrected chi connectivity index (χ4v) is 5.08. The fraction of sp³-hybridized carbons (Fsp3) is 0.304. The molecule has 10 heteroatoms. The second-order valence-electron chi connectivity index (χ2n) is 7.91. The highest BCUT2D eigenvalue weighted by atomic mass is 79.9. The van der Waals surface area contributed by atoms with Crippen molar-refractivity contribution in [3.8, 4) is 0 Å². The summed E-state index contributed by atoms with van der Waals surface area (Å²) in [6.07, 6.45) is 5.52. The smallest absolute Gasteiger partial charge is 0.262 e. The molecule has 3 amide bonds. The number of thiophene rings is 1. The standard InChI is InChI=1S/C23H24BrN5O3S/c1-14-10-15(4-5-17(14)23(32)29-8-2-3-9-29)27-21(30)18(11-16-12-25-13-26-16)28-22(31)19-6-7-20(24)33-19/h4-7,10,12-13,18H,2-3,8-9,11H2,1H3,(H,25,26)(H,27,30)(H,28,31)/t18-/m1/s1. The summed E-state index contributed by atoms with van der Waals surface area (Å²) in [6.45, 7) is 3.43. The molecule has 0 saturated carbocycles. The number of carbonyl (C=O) groups is 3. The molecule has 0 aliphatic carbocycles. The van der Waals surface area contributed by atoms with Gasteiger partial charge in [0, 0.05) is 37.0 Å². The molecular weight excluding hydrogens is 506 g/mol. The molecule has 1 aromatic carbocycles. The number of hydrogen-bond acceptors (Lipinski definition) is 5. The summed E-state index contributed by atoms with van der Waals surface area (Å²) in [6, 6.07) is 7.91. The van der Waals surface area contributed by atoms with E-state index in [2.05, 4.69) is 36.5 Å². The lowest BCUT2D eigenvalue weighted by molar-refractivity contribution is -0.118. The van der Waals surface area contributed by atoms with Crippen LogP contribution >= 0.6 is 27.3 Å². The minimum atomic E-state index is -0.826. The average Bonchev–Trinajstić information content (AvgIpc) is 3.56. The number of nitrogens with one attached hydrogen (secondary N) is 3. The molecule has 2 aromatic heterocycles. The van der Waals surface area contributed by atoms with Crippen molar-refractivity contribution >= 4 is 50.7 Å². The van der Waals surface area contributed by atoms with Crippen LogP contribution in [0.4, 0.5) is 5.69 Å². The molecule has 172 valence electrons. The highest BCUT2D eigenvalue weighted by Gasteiger charge is 2.25. The zero-order chi connectivity index (χ0) is 23.4. The van der Waals surface area contributed by atoms with Gasteiger partial charge in [-0.05, 0) is 71.6 Å². The molecule has 0 spiro atoms. The molecule has 1 fully saturated rings. The summed E-state index contributed by atoms with van der Waals surface area (Å²) >= 11 is 4.64. The molecule has 3 aromatic rings. The first-order chi connectivity index (χ1) is 15.9. The summed E-state index contributed by atoms with van der Waals surface area (Å²) in [5, 5.41) is 5.68. The van der Waals surface area contributed by atoms with Gasteiger partial charge in [0.15, 0.2) is 0 Å². The monoisotopic (exact) mass is 529 g/mol. The molecule has 0 radical (unpaired) electrons. The fourth-order valence-electron chi connectivity index (χ4n) is 3.79. The van der Waals surface area contributed by atoms with Crippen molar-refractivity contribution in [2.75, 3.05) is 18.4 Å². The van der Waals surface area contributed by atoms with Crippen molar-refractivity contribution in [1.29, 1.82) is 0 Å². The third-order valence-corrected chi connectivity index (χ3v) is 7.13. The number of imidazole rings is 1. The summed E-state index contributed by atoms with van der Waals surface area (Å²) < 4.78 is 0.833. The maximum atomic E-state index is 13.1. The molecule has 1 atom stereocenters. The van der Waals surface area contributed by atoms with Crippen LogP contribution in [0, 0.1) is 6.92 Å². The second kappa shape index (κ2) is 10.3. The van der Waals surface area contributed by atoms with Crippen molar-refractivity contribution in [1.82, 2.24) is 20.2 Å². The van der Waals surface area contributed by atoms with Crippen LogP contribution < -0.4 is 10.6 Å². The zero-order valence-electron chi connectivity index (χ0n) is 18.1. The van der Waals surface area contributed by atoms with Crippen molar-refractivity contribution in [2.45, 2.75) is 32.2 Å². The first-order valence-electron chi connectivity index (χ1n) is 10.7. The lowest BCUT2D eigenvalue weighted by Gasteiger charge is -2.19. The Kier molecular flexibility index (Phi) is 7.24. The number of aromatic amines is 1. The number of anilines is 1. The second-order valence-corrected chi connectivity index (χ2v) is 10.4. The van der Waals surface area contributed by atoms with Gasteiger partial charge in [-0.15, -0.1) is 11.3 Å². The van der Waals surface area contributed by atoms with Crippen LogP contribution in [-0.4, -0.2) is 51.7 Å².